The zero-order valence-corrected chi connectivity index (χ0v) is 16.0. The van der Waals surface area contributed by atoms with Gasteiger partial charge in [-0.25, -0.2) is 8.78 Å². The van der Waals surface area contributed by atoms with Crippen molar-refractivity contribution in [2.45, 2.75) is 38.3 Å². The molecule has 2 aromatic carbocycles. The Labute approximate surface area is 164 Å². The molecule has 1 atom stereocenters. The maximum Gasteiger partial charge on any atom is 0.224 e. The van der Waals surface area contributed by atoms with Crippen molar-refractivity contribution in [1.82, 2.24) is 10.2 Å². The molecule has 0 aromatic heterocycles. The number of hydrogen-bond acceptors (Lipinski definition) is 3. The van der Waals surface area contributed by atoms with E-state index in [-0.39, 0.29) is 18.1 Å². The van der Waals surface area contributed by atoms with Gasteiger partial charge in [0.1, 0.15) is 11.9 Å². The maximum absolute atomic E-state index is 13.3. The van der Waals surface area contributed by atoms with Gasteiger partial charge in [0, 0.05) is 31.7 Å². The van der Waals surface area contributed by atoms with E-state index in [1.54, 1.807) is 0 Å². The first-order valence-electron chi connectivity index (χ1n) is 9.67. The molecule has 4 nitrogen and oxygen atoms in total. The van der Waals surface area contributed by atoms with Crippen LogP contribution in [0.25, 0.3) is 0 Å². The number of nitrogens with zero attached hydrogens (tertiary/aromatic N) is 1. The highest BCUT2D eigenvalue weighted by atomic mass is 19.2. The zero-order valence-electron chi connectivity index (χ0n) is 16.0. The minimum Gasteiger partial charge on any atom is -0.490 e. The standard InChI is InChI=1S/C22H26F2N2O2/c1-16(15-25-22(27)13-17-5-3-2-4-6-17)26-11-9-18(10-12-26)28-19-7-8-20(23)21(24)14-19/h2-8,14,16,18H,9-13,15H2,1H3,(H,25,27). The number of nitrogens with one attached hydrogen (secondary N) is 1. The van der Waals surface area contributed by atoms with Gasteiger partial charge in [-0.15, -0.1) is 0 Å². The average molecular weight is 388 g/mol. The number of amides is 1. The SMILES string of the molecule is CC(CNC(=O)Cc1ccccc1)N1CCC(Oc2ccc(F)c(F)c2)CC1. The highest BCUT2D eigenvalue weighted by Gasteiger charge is 2.24. The highest BCUT2D eigenvalue weighted by molar-refractivity contribution is 5.78. The van der Waals surface area contributed by atoms with Crippen molar-refractivity contribution >= 4 is 5.91 Å². The van der Waals surface area contributed by atoms with Crippen molar-refractivity contribution in [1.29, 1.82) is 0 Å². The first kappa shape index (κ1) is 20.3. The topological polar surface area (TPSA) is 41.6 Å². The Kier molecular flexibility index (Phi) is 6.98. The number of piperidine rings is 1. The fourth-order valence-electron chi connectivity index (χ4n) is 3.41. The summed E-state index contributed by atoms with van der Waals surface area (Å²) < 4.78 is 32.1. The van der Waals surface area contributed by atoms with Gasteiger partial charge < -0.3 is 10.1 Å². The smallest absolute Gasteiger partial charge is 0.224 e. The van der Waals surface area contributed by atoms with E-state index in [0.717, 1.165) is 43.6 Å². The van der Waals surface area contributed by atoms with Gasteiger partial charge >= 0.3 is 0 Å². The van der Waals surface area contributed by atoms with Crippen LogP contribution in [-0.2, 0) is 11.2 Å². The van der Waals surface area contributed by atoms with E-state index >= 15 is 0 Å². The molecule has 2 aromatic rings. The summed E-state index contributed by atoms with van der Waals surface area (Å²) in [5, 5.41) is 3.00. The van der Waals surface area contributed by atoms with Gasteiger partial charge in [-0.2, -0.15) is 0 Å². The van der Waals surface area contributed by atoms with Gasteiger partial charge in [0.15, 0.2) is 11.6 Å². The van der Waals surface area contributed by atoms with E-state index in [4.69, 9.17) is 4.74 Å². The number of likely N-dealkylation sites (tertiary alicyclic amines) is 1. The van der Waals surface area contributed by atoms with Crippen LogP contribution in [0, 0.1) is 11.6 Å². The fourth-order valence-corrected chi connectivity index (χ4v) is 3.41. The van der Waals surface area contributed by atoms with Gasteiger partial charge in [0.05, 0.1) is 6.42 Å². The largest absolute Gasteiger partial charge is 0.490 e. The zero-order chi connectivity index (χ0) is 19.9. The Hall–Kier alpha value is -2.47. The number of rotatable bonds is 7. The summed E-state index contributed by atoms with van der Waals surface area (Å²) in [7, 11) is 0. The summed E-state index contributed by atoms with van der Waals surface area (Å²) in [6, 6.07) is 13.5. The number of carbonyl (C=O) groups excluding carboxylic acids is 1. The lowest BCUT2D eigenvalue weighted by atomic mass is 10.1. The van der Waals surface area contributed by atoms with Crippen LogP contribution in [0.2, 0.25) is 0 Å². The number of carbonyl (C=O) groups is 1. The van der Waals surface area contributed by atoms with Crippen LogP contribution in [0.1, 0.15) is 25.3 Å². The number of hydrogen-bond donors (Lipinski definition) is 1. The quantitative estimate of drug-likeness (QED) is 0.789. The summed E-state index contributed by atoms with van der Waals surface area (Å²) in [6.07, 6.45) is 1.99. The number of ether oxygens (including phenoxy) is 1. The molecule has 0 radical (unpaired) electrons. The second kappa shape index (κ2) is 9.64. The Balaban J connectivity index is 1.39. The van der Waals surface area contributed by atoms with Crippen molar-refractivity contribution < 1.29 is 18.3 Å². The molecular formula is C22H26F2N2O2. The average Bonchev–Trinajstić information content (AvgIpc) is 2.70. The van der Waals surface area contributed by atoms with Crippen molar-refractivity contribution in [3.63, 3.8) is 0 Å². The molecule has 0 aliphatic carbocycles. The van der Waals surface area contributed by atoms with Gasteiger partial charge in [0.2, 0.25) is 5.91 Å². The Morgan fingerprint density at radius 3 is 2.54 bits per heavy atom. The Bertz CT molecular complexity index is 777. The molecule has 1 N–H and O–H groups in total. The molecule has 1 aliphatic heterocycles. The van der Waals surface area contributed by atoms with E-state index in [9.17, 15) is 13.6 Å². The van der Waals surface area contributed by atoms with Crippen molar-refractivity contribution in [3.05, 3.63) is 65.7 Å². The summed E-state index contributed by atoms with van der Waals surface area (Å²) in [6.45, 7) is 4.37. The molecule has 0 saturated carbocycles. The first-order valence-corrected chi connectivity index (χ1v) is 9.67. The van der Waals surface area contributed by atoms with Crippen molar-refractivity contribution in [3.8, 4) is 5.75 Å². The summed E-state index contributed by atoms with van der Waals surface area (Å²) in [5.74, 6) is -1.38. The van der Waals surface area contributed by atoms with Gasteiger partial charge in [-0.1, -0.05) is 30.3 Å². The third kappa shape index (κ3) is 5.76. The maximum atomic E-state index is 13.3. The molecule has 1 aliphatic rings. The lowest BCUT2D eigenvalue weighted by Gasteiger charge is -2.36. The van der Waals surface area contributed by atoms with E-state index < -0.39 is 11.6 Å². The molecule has 3 rings (SSSR count). The Morgan fingerprint density at radius 1 is 1.14 bits per heavy atom. The molecule has 150 valence electrons. The van der Waals surface area contributed by atoms with Crippen LogP contribution in [0.3, 0.4) is 0 Å². The van der Waals surface area contributed by atoms with Crippen LogP contribution in [-0.4, -0.2) is 42.6 Å². The molecular weight excluding hydrogens is 362 g/mol. The molecule has 0 bridgehead atoms. The lowest BCUT2D eigenvalue weighted by molar-refractivity contribution is -0.120. The second-order valence-corrected chi connectivity index (χ2v) is 7.24. The fraction of sp³-hybridized carbons (Fsp3) is 0.409. The summed E-state index contributed by atoms with van der Waals surface area (Å²) >= 11 is 0. The highest BCUT2D eigenvalue weighted by Crippen LogP contribution is 2.22. The second-order valence-electron chi connectivity index (χ2n) is 7.24. The summed E-state index contributed by atoms with van der Waals surface area (Å²) in [5.41, 5.74) is 1.00. The third-order valence-corrected chi connectivity index (χ3v) is 5.10. The van der Waals surface area contributed by atoms with E-state index in [1.807, 2.05) is 30.3 Å². The predicted molar refractivity (Wildman–Crippen MR) is 104 cm³/mol. The number of benzene rings is 2. The van der Waals surface area contributed by atoms with Crippen LogP contribution in [0.15, 0.2) is 48.5 Å². The molecule has 6 heteroatoms. The van der Waals surface area contributed by atoms with E-state index in [2.05, 4.69) is 17.1 Å². The Morgan fingerprint density at radius 2 is 1.86 bits per heavy atom. The van der Waals surface area contributed by atoms with Crippen LogP contribution >= 0.6 is 0 Å². The molecule has 1 unspecified atom stereocenters. The van der Waals surface area contributed by atoms with Crippen molar-refractivity contribution in [2.24, 2.45) is 0 Å². The van der Waals surface area contributed by atoms with E-state index in [0.29, 0.717) is 18.7 Å². The molecule has 1 amide bonds. The monoisotopic (exact) mass is 388 g/mol. The predicted octanol–water partition coefficient (Wildman–Crippen LogP) is 3.56. The van der Waals surface area contributed by atoms with Gasteiger partial charge in [0.25, 0.3) is 0 Å². The normalized spacial score (nSPS) is 16.5. The van der Waals surface area contributed by atoms with Crippen LogP contribution in [0.4, 0.5) is 8.78 Å². The summed E-state index contributed by atoms with van der Waals surface area (Å²) in [4.78, 5) is 14.4. The molecule has 28 heavy (non-hydrogen) atoms. The molecule has 1 fully saturated rings. The third-order valence-electron chi connectivity index (χ3n) is 5.10. The van der Waals surface area contributed by atoms with E-state index in [1.165, 1.54) is 6.07 Å². The molecule has 1 saturated heterocycles. The van der Waals surface area contributed by atoms with Crippen molar-refractivity contribution in [2.75, 3.05) is 19.6 Å². The van der Waals surface area contributed by atoms with Crippen LogP contribution < -0.4 is 10.1 Å². The van der Waals surface area contributed by atoms with Gasteiger partial charge in [-0.05, 0) is 37.5 Å². The lowest BCUT2D eigenvalue weighted by Crippen LogP contribution is -2.47. The first-order chi connectivity index (χ1) is 13.5. The van der Waals surface area contributed by atoms with Gasteiger partial charge in [-0.3, -0.25) is 9.69 Å². The minimum absolute atomic E-state index is 0.0130. The molecule has 1 heterocycles. The number of halogens is 2. The minimum atomic E-state index is -0.894. The molecule has 0 spiro atoms. The van der Waals surface area contributed by atoms with Crippen LogP contribution in [0.5, 0.6) is 5.75 Å².